The molecule has 1 heterocycles. The molecule has 0 aromatic heterocycles. The van der Waals surface area contributed by atoms with E-state index in [1.807, 2.05) is 20.8 Å². The molecule has 1 N–H and O–H groups in total. The van der Waals surface area contributed by atoms with Crippen molar-refractivity contribution >= 4 is 5.91 Å². The molecule has 1 aromatic rings. The van der Waals surface area contributed by atoms with Gasteiger partial charge < -0.3 is 5.32 Å². The van der Waals surface area contributed by atoms with E-state index >= 15 is 0 Å². The summed E-state index contributed by atoms with van der Waals surface area (Å²) in [5, 5.41) is 3.08. The first kappa shape index (κ1) is 16.9. The first-order valence-electron chi connectivity index (χ1n) is 7.73. The topological polar surface area (TPSA) is 32.3 Å². The number of rotatable bonds is 3. The minimum absolute atomic E-state index is 0.0483. The lowest BCUT2D eigenvalue weighted by molar-refractivity contribution is -0.129. The molecule has 0 radical (unpaired) electrons. The Morgan fingerprint density at radius 1 is 1.32 bits per heavy atom. The predicted molar refractivity (Wildman–Crippen MR) is 82.3 cm³/mol. The Morgan fingerprint density at radius 2 is 2.05 bits per heavy atom. The van der Waals surface area contributed by atoms with Crippen molar-refractivity contribution in [2.24, 2.45) is 5.41 Å². The molecule has 1 atom stereocenters. The summed E-state index contributed by atoms with van der Waals surface area (Å²) in [6, 6.07) is 4.13. The fourth-order valence-corrected chi connectivity index (χ4v) is 2.62. The van der Waals surface area contributed by atoms with Crippen LogP contribution in [0.5, 0.6) is 0 Å². The number of amides is 1. The number of nitrogens with one attached hydrogen (secondary N) is 1. The van der Waals surface area contributed by atoms with E-state index in [-0.39, 0.29) is 11.9 Å². The monoisotopic (exact) mass is 310 g/mol. The van der Waals surface area contributed by atoms with Crippen LogP contribution in [0.3, 0.4) is 0 Å². The number of carbonyl (C=O) groups excluding carboxylic acids is 1. The van der Waals surface area contributed by atoms with Crippen LogP contribution >= 0.6 is 0 Å². The molecular weight excluding hydrogens is 286 g/mol. The lowest BCUT2D eigenvalue weighted by Gasteiger charge is -2.34. The molecule has 5 heteroatoms. The average Bonchev–Trinajstić information content (AvgIpc) is 2.42. The number of hydrogen-bond acceptors (Lipinski definition) is 2. The van der Waals surface area contributed by atoms with E-state index in [4.69, 9.17) is 0 Å². The summed E-state index contributed by atoms with van der Waals surface area (Å²) in [4.78, 5) is 14.2. The van der Waals surface area contributed by atoms with E-state index in [9.17, 15) is 13.6 Å². The molecular formula is C17H24F2N2O. The molecule has 1 unspecified atom stereocenters. The molecule has 1 saturated heterocycles. The highest BCUT2D eigenvalue weighted by Crippen LogP contribution is 2.18. The van der Waals surface area contributed by atoms with Gasteiger partial charge in [-0.15, -0.1) is 0 Å². The largest absolute Gasteiger partial charge is 0.352 e. The van der Waals surface area contributed by atoms with Gasteiger partial charge in [-0.2, -0.15) is 0 Å². The Hall–Kier alpha value is -1.49. The van der Waals surface area contributed by atoms with E-state index in [1.165, 1.54) is 6.07 Å². The van der Waals surface area contributed by atoms with Gasteiger partial charge in [0.15, 0.2) is 11.6 Å². The fraction of sp³-hybridized carbons (Fsp3) is 0.588. The van der Waals surface area contributed by atoms with Crippen LogP contribution in [0.25, 0.3) is 0 Å². The Bertz CT molecular complexity index is 540. The van der Waals surface area contributed by atoms with E-state index < -0.39 is 17.0 Å². The SMILES string of the molecule is CC(C)(C)C(=O)NC1CCCN(Cc2ccc(F)c(F)c2)C1. The van der Waals surface area contributed by atoms with Crippen LogP contribution in [0.15, 0.2) is 18.2 Å². The lowest BCUT2D eigenvalue weighted by atomic mass is 9.94. The van der Waals surface area contributed by atoms with Gasteiger partial charge in [-0.25, -0.2) is 8.78 Å². The normalized spacial score (nSPS) is 20.0. The molecule has 3 nitrogen and oxygen atoms in total. The standard InChI is InChI=1S/C17H24F2N2O/c1-17(2,3)16(22)20-13-5-4-8-21(11-13)10-12-6-7-14(18)15(19)9-12/h6-7,9,13H,4-5,8,10-11H2,1-3H3,(H,20,22). The number of likely N-dealkylation sites (tertiary alicyclic amines) is 1. The molecule has 1 amide bonds. The minimum atomic E-state index is -0.822. The van der Waals surface area contributed by atoms with Gasteiger partial charge in [0.05, 0.1) is 0 Å². The summed E-state index contributed by atoms with van der Waals surface area (Å²) in [6.45, 7) is 7.89. The summed E-state index contributed by atoms with van der Waals surface area (Å²) in [6.07, 6.45) is 1.94. The first-order chi connectivity index (χ1) is 10.3. The molecule has 0 aliphatic carbocycles. The third kappa shape index (κ3) is 4.50. The van der Waals surface area contributed by atoms with Crippen LogP contribution < -0.4 is 5.32 Å². The fourth-order valence-electron chi connectivity index (χ4n) is 2.62. The maximum atomic E-state index is 13.3. The van der Waals surface area contributed by atoms with Gasteiger partial charge >= 0.3 is 0 Å². The smallest absolute Gasteiger partial charge is 0.225 e. The lowest BCUT2D eigenvalue weighted by Crippen LogP contribution is -2.50. The van der Waals surface area contributed by atoms with E-state index in [0.717, 1.165) is 37.6 Å². The van der Waals surface area contributed by atoms with Crippen LogP contribution in [-0.4, -0.2) is 29.9 Å². The molecule has 1 aromatic carbocycles. The second kappa shape index (κ2) is 6.73. The van der Waals surface area contributed by atoms with E-state index in [2.05, 4.69) is 10.2 Å². The molecule has 0 saturated carbocycles. The van der Waals surface area contributed by atoms with Crippen LogP contribution in [0.4, 0.5) is 8.78 Å². The average molecular weight is 310 g/mol. The van der Waals surface area contributed by atoms with E-state index in [0.29, 0.717) is 6.54 Å². The van der Waals surface area contributed by atoms with Crippen molar-refractivity contribution in [2.75, 3.05) is 13.1 Å². The zero-order valence-electron chi connectivity index (χ0n) is 13.5. The number of halogens is 2. The summed E-state index contributed by atoms with van der Waals surface area (Å²) < 4.78 is 26.2. The Morgan fingerprint density at radius 3 is 2.68 bits per heavy atom. The number of carbonyl (C=O) groups is 1. The Labute approximate surface area is 130 Å². The van der Waals surface area contributed by atoms with Gasteiger partial charge in [-0.1, -0.05) is 26.8 Å². The predicted octanol–water partition coefficient (Wildman–Crippen LogP) is 3.09. The molecule has 1 aliphatic rings. The zero-order chi connectivity index (χ0) is 16.3. The van der Waals surface area contributed by atoms with Crippen molar-refractivity contribution in [3.8, 4) is 0 Å². The number of nitrogens with zero attached hydrogens (tertiary/aromatic N) is 1. The van der Waals surface area contributed by atoms with E-state index in [1.54, 1.807) is 6.07 Å². The molecule has 1 aliphatic heterocycles. The van der Waals surface area contributed by atoms with Gasteiger partial charge in [0, 0.05) is 24.5 Å². The van der Waals surface area contributed by atoms with Crippen molar-refractivity contribution in [3.05, 3.63) is 35.4 Å². The summed E-state index contributed by atoms with van der Waals surface area (Å²) in [5.74, 6) is -1.59. The number of benzene rings is 1. The molecule has 1 fully saturated rings. The van der Waals surface area contributed by atoms with Gasteiger partial charge in [-0.3, -0.25) is 9.69 Å². The minimum Gasteiger partial charge on any atom is -0.352 e. The highest BCUT2D eigenvalue weighted by molar-refractivity contribution is 5.81. The maximum absolute atomic E-state index is 13.3. The second-order valence-electron chi connectivity index (χ2n) is 7.05. The van der Waals surface area contributed by atoms with Crippen LogP contribution in [-0.2, 0) is 11.3 Å². The maximum Gasteiger partial charge on any atom is 0.225 e. The molecule has 0 bridgehead atoms. The molecule has 22 heavy (non-hydrogen) atoms. The third-order valence-corrected chi connectivity index (χ3v) is 3.91. The van der Waals surface area contributed by atoms with Crippen molar-refractivity contribution in [3.63, 3.8) is 0 Å². The van der Waals surface area contributed by atoms with Crippen LogP contribution in [0, 0.1) is 17.0 Å². The van der Waals surface area contributed by atoms with Crippen molar-refractivity contribution in [1.82, 2.24) is 10.2 Å². The van der Waals surface area contributed by atoms with Crippen LogP contribution in [0.2, 0.25) is 0 Å². The second-order valence-corrected chi connectivity index (χ2v) is 7.05. The Kier molecular flexibility index (Phi) is 5.16. The number of piperidine rings is 1. The zero-order valence-corrected chi connectivity index (χ0v) is 13.5. The van der Waals surface area contributed by atoms with Crippen molar-refractivity contribution < 1.29 is 13.6 Å². The highest BCUT2D eigenvalue weighted by atomic mass is 19.2. The van der Waals surface area contributed by atoms with Crippen molar-refractivity contribution in [1.29, 1.82) is 0 Å². The summed E-state index contributed by atoms with van der Waals surface area (Å²) >= 11 is 0. The van der Waals surface area contributed by atoms with Crippen LogP contribution in [0.1, 0.15) is 39.2 Å². The van der Waals surface area contributed by atoms with Gasteiger partial charge in [0.25, 0.3) is 0 Å². The molecule has 0 spiro atoms. The number of hydrogen-bond donors (Lipinski definition) is 1. The summed E-state index contributed by atoms with van der Waals surface area (Å²) in [7, 11) is 0. The quantitative estimate of drug-likeness (QED) is 0.930. The Balaban J connectivity index is 1.93. The van der Waals surface area contributed by atoms with Gasteiger partial charge in [-0.05, 0) is 37.1 Å². The third-order valence-electron chi connectivity index (χ3n) is 3.91. The highest BCUT2D eigenvalue weighted by Gasteiger charge is 2.27. The summed E-state index contributed by atoms with van der Waals surface area (Å²) in [5.41, 5.74) is 0.351. The molecule has 122 valence electrons. The van der Waals surface area contributed by atoms with Gasteiger partial charge in [0.1, 0.15) is 0 Å². The molecule has 2 rings (SSSR count). The first-order valence-corrected chi connectivity index (χ1v) is 7.73. The van der Waals surface area contributed by atoms with Gasteiger partial charge in [0.2, 0.25) is 5.91 Å². The van der Waals surface area contributed by atoms with Crippen molar-refractivity contribution in [2.45, 2.75) is 46.2 Å².